The largest absolute Gasteiger partial charge is 0.353 e. The molecule has 1 aromatic rings. The summed E-state index contributed by atoms with van der Waals surface area (Å²) < 4.78 is 13.9. The molecular formula is C16H19ClFN3O2. The molecule has 23 heavy (non-hydrogen) atoms. The maximum absolute atomic E-state index is 13.9. The molecule has 7 heteroatoms. The van der Waals surface area contributed by atoms with E-state index in [9.17, 15) is 14.0 Å². The number of hydrogen-bond donors (Lipinski definition) is 2. The van der Waals surface area contributed by atoms with Crippen molar-refractivity contribution in [2.45, 2.75) is 31.2 Å². The van der Waals surface area contributed by atoms with E-state index in [-0.39, 0.29) is 29.6 Å². The molecule has 2 fully saturated rings. The van der Waals surface area contributed by atoms with E-state index in [1.165, 1.54) is 6.07 Å². The zero-order valence-corrected chi connectivity index (χ0v) is 13.4. The molecule has 1 saturated carbocycles. The summed E-state index contributed by atoms with van der Waals surface area (Å²) in [7, 11) is 0. The van der Waals surface area contributed by atoms with E-state index in [0.29, 0.717) is 42.9 Å². The van der Waals surface area contributed by atoms with Gasteiger partial charge in [-0.2, -0.15) is 0 Å². The van der Waals surface area contributed by atoms with Crippen LogP contribution in [0, 0.1) is 11.7 Å². The fraction of sp³-hybridized carbons (Fsp3) is 0.500. The second-order valence-corrected chi connectivity index (χ2v) is 6.60. The van der Waals surface area contributed by atoms with Crippen LogP contribution in [-0.2, 0) is 4.79 Å². The number of rotatable bonds is 3. The minimum absolute atomic E-state index is 0.0374. The smallest absolute Gasteiger partial charge is 0.314 e. The van der Waals surface area contributed by atoms with E-state index >= 15 is 0 Å². The van der Waals surface area contributed by atoms with E-state index in [1.54, 1.807) is 17.0 Å². The van der Waals surface area contributed by atoms with E-state index in [2.05, 4.69) is 5.32 Å². The number of primary amides is 1. The molecule has 1 aliphatic carbocycles. The van der Waals surface area contributed by atoms with Crippen LogP contribution in [0.15, 0.2) is 18.2 Å². The van der Waals surface area contributed by atoms with Crippen LogP contribution in [0.4, 0.5) is 9.18 Å². The molecule has 3 rings (SSSR count). The zero-order valence-electron chi connectivity index (χ0n) is 12.6. The van der Waals surface area contributed by atoms with Crippen molar-refractivity contribution in [1.82, 2.24) is 10.2 Å². The summed E-state index contributed by atoms with van der Waals surface area (Å²) in [5, 5.41) is 3.37. The van der Waals surface area contributed by atoms with Crippen molar-refractivity contribution in [3.63, 3.8) is 0 Å². The van der Waals surface area contributed by atoms with Gasteiger partial charge in [0, 0.05) is 41.6 Å². The third kappa shape index (κ3) is 3.42. The molecule has 0 bridgehead atoms. The molecule has 1 aromatic carbocycles. The second-order valence-electron chi connectivity index (χ2n) is 6.19. The highest BCUT2D eigenvalue weighted by molar-refractivity contribution is 6.31. The molecule has 124 valence electrons. The van der Waals surface area contributed by atoms with Crippen LogP contribution in [0.2, 0.25) is 5.02 Å². The third-order valence-electron chi connectivity index (χ3n) is 4.65. The summed E-state index contributed by atoms with van der Waals surface area (Å²) in [6, 6.07) is 4.19. The van der Waals surface area contributed by atoms with E-state index < -0.39 is 6.03 Å². The number of nitrogens with zero attached hydrogens (tertiary/aromatic N) is 1. The number of nitrogens with two attached hydrogens (primary N) is 1. The van der Waals surface area contributed by atoms with Gasteiger partial charge >= 0.3 is 6.03 Å². The van der Waals surface area contributed by atoms with E-state index in [0.717, 1.165) is 0 Å². The first-order chi connectivity index (χ1) is 11.0. The predicted octanol–water partition coefficient (Wildman–Crippen LogP) is 2.24. The quantitative estimate of drug-likeness (QED) is 0.886. The fourth-order valence-electron chi connectivity index (χ4n) is 3.22. The zero-order chi connectivity index (χ0) is 16.6. The average Bonchev–Trinajstić information content (AvgIpc) is 3.28. The van der Waals surface area contributed by atoms with Crippen molar-refractivity contribution in [3.8, 4) is 0 Å². The Kier molecular flexibility index (Phi) is 4.43. The van der Waals surface area contributed by atoms with Gasteiger partial charge in [0.25, 0.3) is 0 Å². The molecule has 3 N–H and O–H groups in total. The Bertz CT molecular complexity index is 612. The lowest BCUT2D eigenvalue weighted by molar-refractivity contribution is -0.123. The number of likely N-dealkylation sites (tertiary alicyclic amines) is 1. The van der Waals surface area contributed by atoms with Gasteiger partial charge in [0.05, 0.1) is 0 Å². The van der Waals surface area contributed by atoms with Crippen molar-refractivity contribution in [1.29, 1.82) is 0 Å². The summed E-state index contributed by atoms with van der Waals surface area (Å²) in [4.78, 5) is 25.0. The molecule has 1 aliphatic heterocycles. The summed E-state index contributed by atoms with van der Waals surface area (Å²) in [5.41, 5.74) is 5.68. The molecule has 1 saturated heterocycles. The Hall–Kier alpha value is -1.82. The van der Waals surface area contributed by atoms with Crippen molar-refractivity contribution >= 4 is 23.5 Å². The first kappa shape index (κ1) is 16.1. The molecule has 0 unspecified atom stereocenters. The van der Waals surface area contributed by atoms with E-state index in [4.69, 9.17) is 17.3 Å². The minimum Gasteiger partial charge on any atom is -0.353 e. The summed E-state index contributed by atoms with van der Waals surface area (Å²) in [6.07, 6.45) is 1.99. The lowest BCUT2D eigenvalue weighted by atomic mass is 10.0. The van der Waals surface area contributed by atoms with Gasteiger partial charge in [-0.05, 0) is 31.4 Å². The van der Waals surface area contributed by atoms with Crippen molar-refractivity contribution in [2.75, 3.05) is 13.1 Å². The van der Waals surface area contributed by atoms with Crippen LogP contribution < -0.4 is 11.1 Å². The highest BCUT2D eigenvalue weighted by Gasteiger charge is 2.46. The highest BCUT2D eigenvalue weighted by Crippen LogP contribution is 2.50. The Labute approximate surface area is 139 Å². The van der Waals surface area contributed by atoms with Crippen LogP contribution >= 0.6 is 11.6 Å². The Balaban J connectivity index is 1.54. The summed E-state index contributed by atoms with van der Waals surface area (Å²) >= 11 is 6.05. The van der Waals surface area contributed by atoms with Gasteiger partial charge in [0.2, 0.25) is 5.91 Å². The SMILES string of the molecule is NC(=O)N1CCC(NC(=O)[C@@H]2C[C@@H]2c2c(F)cccc2Cl)CC1. The van der Waals surface area contributed by atoms with Gasteiger partial charge in [-0.1, -0.05) is 17.7 Å². The van der Waals surface area contributed by atoms with Gasteiger partial charge in [-0.15, -0.1) is 0 Å². The molecule has 0 radical (unpaired) electrons. The Morgan fingerprint density at radius 1 is 1.30 bits per heavy atom. The number of piperidine rings is 1. The maximum Gasteiger partial charge on any atom is 0.314 e. The molecule has 0 aromatic heterocycles. The van der Waals surface area contributed by atoms with Crippen molar-refractivity contribution in [2.24, 2.45) is 11.7 Å². The molecule has 1 heterocycles. The number of amides is 3. The molecule has 3 amide bonds. The molecule has 2 atom stereocenters. The van der Waals surface area contributed by atoms with Gasteiger partial charge in [-0.3, -0.25) is 4.79 Å². The Morgan fingerprint density at radius 3 is 2.61 bits per heavy atom. The number of hydrogen-bond acceptors (Lipinski definition) is 2. The monoisotopic (exact) mass is 339 g/mol. The fourth-order valence-corrected chi connectivity index (χ4v) is 3.52. The number of halogens is 2. The van der Waals surface area contributed by atoms with Crippen LogP contribution in [0.1, 0.15) is 30.7 Å². The lowest BCUT2D eigenvalue weighted by Gasteiger charge is -2.31. The molecule has 0 spiro atoms. The molecule has 5 nitrogen and oxygen atoms in total. The Morgan fingerprint density at radius 2 is 2.00 bits per heavy atom. The van der Waals surface area contributed by atoms with Crippen molar-refractivity contribution < 1.29 is 14.0 Å². The standard InChI is InChI=1S/C16H19ClFN3O2/c17-12-2-1-3-13(18)14(12)10-8-11(10)15(22)20-9-4-6-21(7-5-9)16(19)23/h1-3,9-11H,4-8H2,(H2,19,23)(H,20,22)/t10-,11+/m0/s1. The second kappa shape index (κ2) is 6.35. The first-order valence-corrected chi connectivity index (χ1v) is 8.14. The number of carbonyl (C=O) groups is 2. The highest BCUT2D eigenvalue weighted by atomic mass is 35.5. The van der Waals surface area contributed by atoms with Crippen molar-refractivity contribution in [3.05, 3.63) is 34.6 Å². The summed E-state index contributed by atoms with van der Waals surface area (Å²) in [5.74, 6) is -0.785. The number of nitrogens with one attached hydrogen (secondary N) is 1. The lowest BCUT2D eigenvalue weighted by Crippen LogP contribution is -2.48. The van der Waals surface area contributed by atoms with Gasteiger partial charge < -0.3 is 16.0 Å². The minimum atomic E-state index is -0.425. The summed E-state index contributed by atoms with van der Waals surface area (Å²) in [6.45, 7) is 1.10. The van der Waals surface area contributed by atoms with Gasteiger partial charge in [-0.25, -0.2) is 9.18 Å². The van der Waals surface area contributed by atoms with Crippen LogP contribution in [0.25, 0.3) is 0 Å². The normalized spacial score (nSPS) is 24.3. The van der Waals surface area contributed by atoms with Gasteiger partial charge in [0.1, 0.15) is 5.82 Å². The van der Waals surface area contributed by atoms with Crippen LogP contribution in [-0.4, -0.2) is 36.0 Å². The maximum atomic E-state index is 13.9. The van der Waals surface area contributed by atoms with Crippen LogP contribution in [0.3, 0.4) is 0 Å². The van der Waals surface area contributed by atoms with E-state index in [1.807, 2.05) is 0 Å². The molecular weight excluding hydrogens is 321 g/mol. The molecule has 2 aliphatic rings. The van der Waals surface area contributed by atoms with Gasteiger partial charge in [0.15, 0.2) is 0 Å². The number of urea groups is 1. The number of benzene rings is 1. The first-order valence-electron chi connectivity index (χ1n) is 7.76. The average molecular weight is 340 g/mol. The third-order valence-corrected chi connectivity index (χ3v) is 4.98. The predicted molar refractivity (Wildman–Crippen MR) is 84.6 cm³/mol. The van der Waals surface area contributed by atoms with Crippen LogP contribution in [0.5, 0.6) is 0 Å². The number of carbonyl (C=O) groups excluding carboxylic acids is 2. The topological polar surface area (TPSA) is 75.4 Å².